The van der Waals surface area contributed by atoms with Crippen LogP contribution in [0.25, 0.3) is 21.9 Å². The maximum absolute atomic E-state index is 13.0. The molecule has 0 radical (unpaired) electrons. The first-order chi connectivity index (χ1) is 16.9. The highest BCUT2D eigenvalue weighted by molar-refractivity contribution is 6.11. The van der Waals surface area contributed by atoms with E-state index in [4.69, 9.17) is 4.42 Å². The summed E-state index contributed by atoms with van der Waals surface area (Å²) in [5.41, 5.74) is -8.53. The van der Waals surface area contributed by atoms with Gasteiger partial charge in [0.2, 0.25) is 11.4 Å². The molecule has 4 rings (SSSR count). The van der Waals surface area contributed by atoms with Crippen molar-refractivity contribution in [3.63, 3.8) is 0 Å². The molecule has 0 bridgehead atoms. The highest BCUT2D eigenvalue weighted by Crippen LogP contribution is 2.32. The van der Waals surface area contributed by atoms with Crippen LogP contribution in [0, 0.1) is 40.5 Å². The maximum atomic E-state index is 13.0. The molecule has 0 spiro atoms. The molecule has 1 N–H and O–H groups in total. The molecule has 17 heteroatoms. The summed E-state index contributed by atoms with van der Waals surface area (Å²) in [6.07, 6.45) is 0. The van der Waals surface area contributed by atoms with Crippen LogP contribution in [0.1, 0.15) is 15.9 Å². The summed E-state index contributed by atoms with van der Waals surface area (Å²) in [5.74, 6) is -1.31. The summed E-state index contributed by atoms with van der Waals surface area (Å²) in [7, 11) is 0. The summed E-state index contributed by atoms with van der Waals surface area (Å²) in [6, 6.07) is 4.36. The van der Waals surface area contributed by atoms with Crippen molar-refractivity contribution in [2.75, 3.05) is 0 Å². The number of hydrogen-bond acceptors (Lipinski definition) is 12. The lowest BCUT2D eigenvalue weighted by Gasteiger charge is -2.05. The first-order valence-electron chi connectivity index (χ1n) is 9.34. The van der Waals surface area contributed by atoms with Crippen LogP contribution in [-0.2, 0) is 0 Å². The molecule has 2 aromatic carbocycles. The van der Waals surface area contributed by atoms with Crippen molar-refractivity contribution in [1.82, 2.24) is 4.98 Å². The van der Waals surface area contributed by atoms with Crippen molar-refractivity contribution in [3.05, 3.63) is 109 Å². The van der Waals surface area contributed by atoms with Crippen LogP contribution in [0.3, 0.4) is 0 Å². The van der Waals surface area contributed by atoms with Crippen LogP contribution in [-0.4, -0.2) is 30.5 Å². The van der Waals surface area contributed by atoms with Crippen molar-refractivity contribution < 1.29 is 28.9 Å². The van der Waals surface area contributed by atoms with E-state index in [1.54, 1.807) is 0 Å². The number of nitrogens with zero attached hydrogens (tertiary/aromatic N) is 4. The van der Waals surface area contributed by atoms with E-state index in [2.05, 4.69) is 4.98 Å². The lowest BCUT2D eigenvalue weighted by atomic mass is 10.0. The topological polar surface area (TPSA) is 253 Å². The second-order valence-corrected chi connectivity index (χ2v) is 7.13. The van der Waals surface area contributed by atoms with Gasteiger partial charge in [0.05, 0.1) is 37.4 Å². The summed E-state index contributed by atoms with van der Waals surface area (Å²) >= 11 is 0. The number of carbonyl (C=O) groups excluding carboxylic acids is 1. The van der Waals surface area contributed by atoms with E-state index in [0.29, 0.717) is 12.1 Å². The zero-order chi connectivity index (χ0) is 26.5. The number of nitro groups is 4. The van der Waals surface area contributed by atoms with E-state index in [0.717, 1.165) is 24.3 Å². The van der Waals surface area contributed by atoms with Crippen LogP contribution in [0.2, 0.25) is 0 Å². The zero-order valence-electron chi connectivity index (χ0n) is 17.2. The van der Waals surface area contributed by atoms with Crippen LogP contribution >= 0.6 is 0 Å². The van der Waals surface area contributed by atoms with Gasteiger partial charge >= 0.3 is 11.3 Å². The summed E-state index contributed by atoms with van der Waals surface area (Å²) in [4.78, 5) is 81.1. The van der Waals surface area contributed by atoms with Gasteiger partial charge in [-0.15, -0.1) is 0 Å². The number of non-ortho nitro benzene ring substituents is 4. The first-order valence-corrected chi connectivity index (χ1v) is 9.34. The first kappa shape index (κ1) is 23.3. The third-order valence-corrected chi connectivity index (χ3v) is 5.02. The predicted octanol–water partition coefficient (Wildman–Crippen LogP) is 2.50. The molecular formula is C19H7N5O12. The number of fused-ring (bicyclic) bond motifs is 2. The molecule has 0 saturated heterocycles. The van der Waals surface area contributed by atoms with Gasteiger partial charge in [-0.25, -0.2) is 4.79 Å². The fourth-order valence-electron chi connectivity index (χ4n) is 3.45. The van der Waals surface area contributed by atoms with Gasteiger partial charge in [0.1, 0.15) is 11.1 Å². The predicted molar refractivity (Wildman–Crippen MR) is 117 cm³/mol. The molecule has 17 nitrogen and oxygen atoms in total. The Kier molecular flexibility index (Phi) is 5.28. The largest absolute Gasteiger partial charge is 0.415 e. The number of pyridine rings is 1. The standard InChI is InChI=1S/C19H7N5O12/c25-16(11-3-7-1-9(21(28)29)5-13(23(32)33)15(7)20-18(11)26)12-4-8-2-10(22(30)31)6-14(24(34)35)17(8)36-19(12)27/h1-6H,(H,20,26). The van der Waals surface area contributed by atoms with Crippen LogP contribution in [0.5, 0.6) is 0 Å². The molecule has 4 aromatic rings. The Bertz CT molecular complexity index is 1690. The molecule has 0 aliphatic carbocycles. The molecule has 0 amide bonds. The van der Waals surface area contributed by atoms with Crippen LogP contribution in [0.4, 0.5) is 22.7 Å². The van der Waals surface area contributed by atoms with Gasteiger partial charge in [0, 0.05) is 22.9 Å². The van der Waals surface area contributed by atoms with Gasteiger partial charge in [0.15, 0.2) is 0 Å². The van der Waals surface area contributed by atoms with Gasteiger partial charge in [-0.3, -0.25) is 50.0 Å². The number of nitrogens with one attached hydrogen (secondary N) is 1. The van der Waals surface area contributed by atoms with Gasteiger partial charge < -0.3 is 9.40 Å². The van der Waals surface area contributed by atoms with Gasteiger partial charge in [-0.1, -0.05) is 0 Å². The molecular weight excluding hydrogens is 490 g/mol. The fourth-order valence-corrected chi connectivity index (χ4v) is 3.45. The second kappa shape index (κ2) is 8.17. The molecule has 0 unspecified atom stereocenters. The Balaban J connectivity index is 1.97. The number of aromatic amines is 1. The van der Waals surface area contributed by atoms with Gasteiger partial charge in [-0.2, -0.15) is 0 Å². The normalized spacial score (nSPS) is 10.9. The smallest absolute Gasteiger partial charge is 0.347 e. The Labute approximate surface area is 193 Å². The average Bonchev–Trinajstić information content (AvgIpc) is 2.81. The lowest BCUT2D eigenvalue weighted by molar-refractivity contribution is -0.393. The number of benzene rings is 2. The summed E-state index contributed by atoms with van der Waals surface area (Å²) in [6.45, 7) is 0. The summed E-state index contributed by atoms with van der Waals surface area (Å²) < 4.78 is 4.86. The Morgan fingerprint density at radius 2 is 1.22 bits per heavy atom. The summed E-state index contributed by atoms with van der Waals surface area (Å²) in [5, 5.41) is 44.2. The minimum absolute atomic E-state index is 0.282. The quantitative estimate of drug-likeness (QED) is 0.174. The lowest BCUT2D eigenvalue weighted by Crippen LogP contribution is -2.23. The van der Waals surface area contributed by atoms with Crippen LogP contribution in [0.15, 0.2) is 50.4 Å². The van der Waals surface area contributed by atoms with E-state index in [1.807, 2.05) is 0 Å². The second-order valence-electron chi connectivity index (χ2n) is 7.13. The SMILES string of the molecule is O=C(c1cc2cc([N+](=O)[O-])cc([N+](=O)[O-])c2[nH]c1=O)c1cc2cc([N+](=O)[O-])cc([N+](=O)[O-])c2oc1=O. The molecule has 36 heavy (non-hydrogen) atoms. The minimum Gasteiger partial charge on any atom is -0.415 e. The maximum Gasteiger partial charge on any atom is 0.347 e. The number of hydrogen-bond donors (Lipinski definition) is 1. The van der Waals surface area contributed by atoms with Crippen LogP contribution < -0.4 is 11.2 Å². The van der Waals surface area contributed by atoms with Gasteiger partial charge in [-0.05, 0) is 12.1 Å². The van der Waals surface area contributed by atoms with Crippen molar-refractivity contribution in [1.29, 1.82) is 0 Å². The molecule has 2 heterocycles. The number of rotatable bonds is 6. The van der Waals surface area contributed by atoms with Crippen molar-refractivity contribution >= 4 is 50.4 Å². The highest BCUT2D eigenvalue weighted by Gasteiger charge is 2.27. The Hall–Kier alpha value is -5.87. The Morgan fingerprint density at radius 3 is 1.78 bits per heavy atom. The number of aromatic nitrogens is 1. The van der Waals surface area contributed by atoms with E-state index < -0.39 is 81.6 Å². The molecule has 0 fully saturated rings. The molecule has 0 aliphatic heterocycles. The number of carbonyl (C=O) groups is 1. The third-order valence-electron chi connectivity index (χ3n) is 5.02. The average molecular weight is 497 g/mol. The Morgan fingerprint density at radius 1 is 0.694 bits per heavy atom. The number of ketones is 1. The molecule has 0 saturated carbocycles. The van der Waals surface area contributed by atoms with Crippen molar-refractivity contribution in [3.8, 4) is 0 Å². The minimum atomic E-state index is -1.42. The van der Waals surface area contributed by atoms with E-state index >= 15 is 0 Å². The zero-order valence-corrected chi connectivity index (χ0v) is 17.2. The van der Waals surface area contributed by atoms with Crippen molar-refractivity contribution in [2.24, 2.45) is 0 Å². The van der Waals surface area contributed by atoms with E-state index in [9.17, 15) is 54.8 Å². The molecule has 0 atom stereocenters. The monoisotopic (exact) mass is 497 g/mol. The molecule has 180 valence electrons. The fraction of sp³-hybridized carbons (Fsp3) is 0. The van der Waals surface area contributed by atoms with Crippen molar-refractivity contribution in [2.45, 2.75) is 0 Å². The van der Waals surface area contributed by atoms with E-state index in [1.165, 1.54) is 0 Å². The van der Waals surface area contributed by atoms with Gasteiger partial charge in [0.25, 0.3) is 22.6 Å². The molecule has 0 aliphatic rings. The third kappa shape index (κ3) is 3.77. The number of nitro benzene ring substituents is 4. The number of H-pyrrole nitrogens is 1. The highest BCUT2D eigenvalue weighted by atomic mass is 16.6. The van der Waals surface area contributed by atoms with E-state index in [-0.39, 0.29) is 10.8 Å². The molecule has 2 aromatic heterocycles.